The van der Waals surface area contributed by atoms with E-state index in [4.69, 9.17) is 10.2 Å². The lowest BCUT2D eigenvalue weighted by Crippen LogP contribution is -2.02. The number of halogens is 2. The molecule has 1 aromatic carbocycles. The zero-order chi connectivity index (χ0) is 14.7. The fraction of sp³-hybridized carbons (Fsp3) is 0.571. The second-order valence-corrected chi connectivity index (χ2v) is 3.89. The molecule has 3 nitrogen and oxygen atoms in total. The molecule has 0 saturated carbocycles. The smallest absolute Gasteiger partial charge is 0.387 e. The van der Waals surface area contributed by atoms with Gasteiger partial charge in [0.1, 0.15) is 5.75 Å². The second-order valence-electron chi connectivity index (χ2n) is 3.89. The van der Waals surface area contributed by atoms with Gasteiger partial charge < -0.3 is 14.9 Å². The molecule has 1 aliphatic rings. The minimum absolute atomic E-state index is 0.274. The van der Waals surface area contributed by atoms with Crippen LogP contribution in [0.25, 0.3) is 0 Å². The van der Waals surface area contributed by atoms with Crippen molar-refractivity contribution in [3.8, 4) is 5.75 Å². The van der Waals surface area contributed by atoms with Crippen LogP contribution in [0.4, 0.5) is 8.78 Å². The van der Waals surface area contributed by atoms with Gasteiger partial charge in [-0.3, -0.25) is 0 Å². The molecule has 1 aliphatic carbocycles. The molecule has 0 fully saturated rings. The third kappa shape index (κ3) is 7.08. The maximum atomic E-state index is 11.9. The van der Waals surface area contributed by atoms with E-state index >= 15 is 0 Å². The van der Waals surface area contributed by atoms with Crippen molar-refractivity contribution in [2.24, 2.45) is 0 Å². The topological polar surface area (TPSA) is 49.7 Å². The number of aliphatic hydroxyl groups excluding tert-OH is 2. The van der Waals surface area contributed by atoms with Crippen LogP contribution in [0.2, 0.25) is 0 Å². The van der Waals surface area contributed by atoms with Gasteiger partial charge in [-0.15, -0.1) is 0 Å². The van der Waals surface area contributed by atoms with E-state index in [0.29, 0.717) is 6.61 Å². The number of benzene rings is 1. The number of hydrogen-bond donors (Lipinski definition) is 2. The number of fused-ring (bicyclic) bond motifs is 1. The molecule has 2 rings (SSSR count). The van der Waals surface area contributed by atoms with Crippen LogP contribution in [0.15, 0.2) is 18.2 Å². The maximum Gasteiger partial charge on any atom is 0.387 e. The third-order valence-electron chi connectivity index (χ3n) is 2.52. The van der Waals surface area contributed by atoms with Gasteiger partial charge in [0.05, 0.1) is 0 Å². The van der Waals surface area contributed by atoms with E-state index in [1.54, 1.807) is 12.1 Å². The number of aliphatic hydroxyl groups is 2. The van der Waals surface area contributed by atoms with Crippen molar-refractivity contribution in [3.05, 3.63) is 29.3 Å². The van der Waals surface area contributed by atoms with Crippen LogP contribution in [-0.4, -0.2) is 30.5 Å². The quantitative estimate of drug-likeness (QED) is 0.892. The van der Waals surface area contributed by atoms with Gasteiger partial charge in [-0.05, 0) is 48.9 Å². The Kier molecular flexibility index (Phi) is 10.0. The molecule has 0 heterocycles. The fourth-order valence-electron chi connectivity index (χ4n) is 1.72. The van der Waals surface area contributed by atoms with Crippen molar-refractivity contribution in [1.29, 1.82) is 0 Å². The summed E-state index contributed by atoms with van der Waals surface area (Å²) in [5.41, 5.74) is 2.42. The van der Waals surface area contributed by atoms with Crippen molar-refractivity contribution in [2.75, 3.05) is 13.7 Å². The number of ether oxygens (including phenoxy) is 1. The van der Waals surface area contributed by atoms with Crippen LogP contribution in [-0.2, 0) is 12.8 Å². The van der Waals surface area contributed by atoms with Crippen LogP contribution in [0, 0.1) is 0 Å². The van der Waals surface area contributed by atoms with Gasteiger partial charge in [0, 0.05) is 13.7 Å². The molecule has 0 aromatic heterocycles. The summed E-state index contributed by atoms with van der Waals surface area (Å²) in [6.45, 7) is -0.473. The molecular weight excluding hydrogens is 254 g/mol. The van der Waals surface area contributed by atoms with Gasteiger partial charge in [-0.25, -0.2) is 0 Å². The van der Waals surface area contributed by atoms with E-state index in [1.165, 1.54) is 5.56 Å². The molecule has 0 bridgehead atoms. The highest BCUT2D eigenvalue weighted by molar-refractivity contribution is 5.38. The summed E-state index contributed by atoms with van der Waals surface area (Å²) >= 11 is 0. The van der Waals surface area contributed by atoms with E-state index in [2.05, 4.69) is 4.74 Å². The standard InChI is InChI=1S/C10H10F2O.C3H8O.CH4O/c11-10(12)13-9-5-4-7-2-1-3-8(7)6-9;1-2-3-4;1-2/h4-6,10H,1-3H2;4H,2-3H2,1H3;2H,1H3. The Morgan fingerprint density at radius 3 is 2.32 bits per heavy atom. The highest BCUT2D eigenvalue weighted by atomic mass is 19.3. The van der Waals surface area contributed by atoms with Gasteiger partial charge in [0.2, 0.25) is 0 Å². The molecule has 0 unspecified atom stereocenters. The van der Waals surface area contributed by atoms with Crippen molar-refractivity contribution in [2.45, 2.75) is 39.2 Å². The first kappa shape index (κ1) is 17.8. The predicted octanol–water partition coefficient (Wildman–Crippen LogP) is 2.77. The summed E-state index contributed by atoms with van der Waals surface area (Å²) in [4.78, 5) is 0. The van der Waals surface area contributed by atoms with Gasteiger partial charge in [0.25, 0.3) is 0 Å². The molecule has 0 saturated heterocycles. The van der Waals surface area contributed by atoms with Crippen LogP contribution in [0.3, 0.4) is 0 Å². The molecule has 5 heteroatoms. The molecule has 1 aromatic rings. The Bertz CT molecular complexity index is 341. The number of rotatable bonds is 3. The largest absolute Gasteiger partial charge is 0.435 e. The van der Waals surface area contributed by atoms with E-state index in [0.717, 1.165) is 38.4 Å². The average molecular weight is 276 g/mol. The Labute approximate surface area is 112 Å². The van der Waals surface area contributed by atoms with Crippen LogP contribution in [0.1, 0.15) is 30.9 Å². The Morgan fingerprint density at radius 2 is 1.79 bits per heavy atom. The number of aryl methyl sites for hydroxylation is 2. The summed E-state index contributed by atoms with van der Waals surface area (Å²) < 4.78 is 28.0. The minimum atomic E-state index is -2.72. The summed E-state index contributed by atoms with van der Waals surface area (Å²) in [5, 5.41) is 14.9. The van der Waals surface area contributed by atoms with Crippen molar-refractivity contribution >= 4 is 0 Å². The van der Waals surface area contributed by atoms with Gasteiger partial charge in [-0.1, -0.05) is 13.0 Å². The van der Waals surface area contributed by atoms with Gasteiger partial charge >= 0.3 is 6.61 Å². The SMILES string of the molecule is CCCO.CO.FC(F)Oc1ccc2c(c1)CCC2. The Hall–Kier alpha value is -1.20. The second kappa shape index (κ2) is 10.7. The fourth-order valence-corrected chi connectivity index (χ4v) is 1.72. The molecule has 110 valence electrons. The molecule has 0 aliphatic heterocycles. The molecule has 0 spiro atoms. The lowest BCUT2D eigenvalue weighted by Gasteiger charge is -2.05. The summed E-state index contributed by atoms with van der Waals surface area (Å²) in [5.74, 6) is 0.274. The first-order valence-electron chi connectivity index (χ1n) is 6.29. The molecule has 19 heavy (non-hydrogen) atoms. The van der Waals surface area contributed by atoms with Crippen molar-refractivity contribution < 1.29 is 23.7 Å². The van der Waals surface area contributed by atoms with Crippen molar-refractivity contribution in [1.82, 2.24) is 0 Å². The van der Waals surface area contributed by atoms with Gasteiger partial charge in [-0.2, -0.15) is 8.78 Å². The van der Waals surface area contributed by atoms with Gasteiger partial charge in [0.15, 0.2) is 0 Å². The zero-order valence-corrected chi connectivity index (χ0v) is 11.4. The average Bonchev–Trinajstić information content (AvgIpc) is 2.88. The molecule has 0 amide bonds. The predicted molar refractivity (Wildman–Crippen MR) is 70.6 cm³/mol. The summed E-state index contributed by atoms with van der Waals surface area (Å²) in [6.07, 6.45) is 4.04. The number of hydrogen-bond acceptors (Lipinski definition) is 3. The monoisotopic (exact) mass is 276 g/mol. The normalized spacial score (nSPS) is 11.9. The summed E-state index contributed by atoms with van der Waals surface area (Å²) in [7, 11) is 1.00. The highest BCUT2D eigenvalue weighted by Gasteiger charge is 2.12. The Morgan fingerprint density at radius 1 is 1.21 bits per heavy atom. The highest BCUT2D eigenvalue weighted by Crippen LogP contribution is 2.26. The Balaban J connectivity index is 0.000000467. The zero-order valence-electron chi connectivity index (χ0n) is 11.4. The lowest BCUT2D eigenvalue weighted by atomic mass is 10.1. The van der Waals surface area contributed by atoms with E-state index < -0.39 is 6.61 Å². The first-order chi connectivity index (χ1) is 9.17. The van der Waals surface area contributed by atoms with E-state index in [1.807, 2.05) is 13.0 Å². The van der Waals surface area contributed by atoms with Crippen molar-refractivity contribution in [3.63, 3.8) is 0 Å². The maximum absolute atomic E-state index is 11.9. The summed E-state index contributed by atoms with van der Waals surface area (Å²) in [6, 6.07) is 5.20. The van der Waals surface area contributed by atoms with E-state index in [9.17, 15) is 8.78 Å². The van der Waals surface area contributed by atoms with Crippen LogP contribution >= 0.6 is 0 Å². The van der Waals surface area contributed by atoms with E-state index in [-0.39, 0.29) is 5.75 Å². The third-order valence-corrected chi connectivity index (χ3v) is 2.52. The lowest BCUT2D eigenvalue weighted by molar-refractivity contribution is -0.0498. The van der Waals surface area contributed by atoms with Crippen LogP contribution < -0.4 is 4.74 Å². The molecular formula is C14H22F2O3. The molecule has 0 atom stereocenters. The van der Waals surface area contributed by atoms with Crippen LogP contribution in [0.5, 0.6) is 5.75 Å². The minimum Gasteiger partial charge on any atom is -0.435 e. The molecule has 0 radical (unpaired) electrons. The number of alkyl halides is 2. The first-order valence-corrected chi connectivity index (χ1v) is 6.29. The molecule has 2 N–H and O–H groups in total.